The molecule has 54 heavy (non-hydrogen) atoms. The lowest BCUT2D eigenvalue weighted by atomic mass is 9.77. The van der Waals surface area contributed by atoms with Gasteiger partial charge in [0.25, 0.3) is 0 Å². The monoisotopic (exact) mass is 747 g/mol. The second kappa shape index (κ2) is 29.8. The molecule has 1 heterocycles. The Hall–Kier alpha value is -3.53. The molecule has 2 aliphatic carbocycles. The first-order valence-corrected chi connectivity index (χ1v) is 21.7. The van der Waals surface area contributed by atoms with Crippen molar-refractivity contribution in [3.8, 4) is 6.57 Å². The van der Waals surface area contributed by atoms with Gasteiger partial charge in [-0.25, -0.2) is 5.01 Å². The fourth-order valence-corrected chi connectivity index (χ4v) is 6.35. The van der Waals surface area contributed by atoms with Crippen LogP contribution in [0.1, 0.15) is 179 Å². The van der Waals surface area contributed by atoms with Crippen molar-refractivity contribution in [2.75, 3.05) is 6.54 Å². The van der Waals surface area contributed by atoms with Gasteiger partial charge in [-0.05, 0) is 68.3 Å². The summed E-state index contributed by atoms with van der Waals surface area (Å²) in [6, 6.07) is 10.7. The molecule has 0 radical (unpaired) electrons. The third-order valence-corrected chi connectivity index (χ3v) is 10.8. The van der Waals surface area contributed by atoms with Gasteiger partial charge in [0.2, 0.25) is 5.84 Å². The summed E-state index contributed by atoms with van der Waals surface area (Å²) in [5.74, 6) is 1.88. The molecule has 1 aromatic carbocycles. The maximum absolute atomic E-state index is 6.02. The van der Waals surface area contributed by atoms with Crippen molar-refractivity contribution >= 4 is 11.5 Å². The topological polar surface area (TPSA) is 82.4 Å². The minimum atomic E-state index is 0.246. The molecule has 0 aromatic heterocycles. The molecule has 0 saturated heterocycles. The van der Waals surface area contributed by atoms with E-state index in [0.29, 0.717) is 35.7 Å². The van der Waals surface area contributed by atoms with E-state index in [2.05, 4.69) is 103 Å². The molecule has 1 aliphatic heterocycles. The van der Waals surface area contributed by atoms with Crippen LogP contribution in [0.25, 0.3) is 4.95 Å². The van der Waals surface area contributed by atoms with Gasteiger partial charge in [-0.2, -0.15) is 5.10 Å². The van der Waals surface area contributed by atoms with Gasteiger partial charge < -0.3 is 16.4 Å². The maximum Gasteiger partial charge on any atom is 0.307 e. The predicted octanol–water partition coefficient (Wildman–Crippen LogP) is 13.0. The van der Waals surface area contributed by atoms with Gasteiger partial charge in [0.15, 0.2) is 5.10 Å². The Kier molecular flexibility index (Phi) is 27.8. The summed E-state index contributed by atoms with van der Waals surface area (Å²) in [7, 11) is 0. The number of hydrazone groups is 1. The molecule has 4 N–H and O–H groups in total. The molecule has 0 amide bonds. The fraction of sp³-hybridized carbons (Fsp3) is 0.681. The first-order chi connectivity index (χ1) is 25.9. The quantitative estimate of drug-likeness (QED) is 0.101. The van der Waals surface area contributed by atoms with E-state index in [1.165, 1.54) is 82.6 Å². The molecule has 3 aliphatic rings. The van der Waals surface area contributed by atoms with E-state index in [1.807, 2.05) is 55.4 Å². The maximum atomic E-state index is 6.02. The first-order valence-electron chi connectivity index (χ1n) is 21.7. The number of allylic oxidation sites excluding steroid dienone is 2. The van der Waals surface area contributed by atoms with Crippen molar-refractivity contribution in [2.24, 2.45) is 33.2 Å². The number of hydrogen-bond acceptors (Lipinski definition) is 5. The summed E-state index contributed by atoms with van der Waals surface area (Å²) < 4.78 is 0. The zero-order valence-electron chi connectivity index (χ0n) is 37.1. The van der Waals surface area contributed by atoms with Crippen LogP contribution in [0, 0.1) is 23.8 Å². The van der Waals surface area contributed by atoms with E-state index in [-0.39, 0.29) is 6.04 Å². The number of rotatable bonds is 14. The molecule has 7 nitrogen and oxygen atoms in total. The number of hydrogen-bond donors (Lipinski definition) is 3. The summed E-state index contributed by atoms with van der Waals surface area (Å²) >= 11 is 0. The normalized spacial score (nSPS) is 16.6. The lowest BCUT2D eigenvalue weighted by Crippen LogP contribution is -2.40. The Morgan fingerprint density at radius 3 is 2.02 bits per heavy atom. The van der Waals surface area contributed by atoms with E-state index < -0.39 is 0 Å². The fourth-order valence-electron chi connectivity index (χ4n) is 6.35. The smallest absolute Gasteiger partial charge is 0.307 e. The Morgan fingerprint density at radius 2 is 1.59 bits per heavy atom. The number of unbranched alkanes of at least 4 members (excludes halogenated alkanes) is 1. The Labute approximate surface area is 334 Å². The van der Waals surface area contributed by atoms with Gasteiger partial charge in [0, 0.05) is 29.2 Å². The summed E-state index contributed by atoms with van der Waals surface area (Å²) in [5.41, 5.74) is 12.1. The lowest BCUT2D eigenvalue weighted by Gasteiger charge is -2.32. The van der Waals surface area contributed by atoms with Crippen molar-refractivity contribution < 1.29 is 0 Å². The van der Waals surface area contributed by atoms with Crippen LogP contribution in [0.2, 0.25) is 0 Å². The zero-order valence-corrected chi connectivity index (χ0v) is 37.1. The Balaban J connectivity index is 0.000000793. The number of nitrogens with two attached hydrogens (primary N) is 1. The van der Waals surface area contributed by atoms with Crippen LogP contribution in [0.15, 0.2) is 76.4 Å². The minimum absolute atomic E-state index is 0.246. The van der Waals surface area contributed by atoms with Crippen LogP contribution >= 0.6 is 0 Å². The second-order valence-electron chi connectivity index (χ2n) is 15.4. The molecular formula is C47H84N7+. The highest BCUT2D eigenvalue weighted by molar-refractivity contribution is 6.03. The highest BCUT2D eigenvalue weighted by Gasteiger charge is 2.28. The second-order valence-corrected chi connectivity index (χ2v) is 15.4. The van der Waals surface area contributed by atoms with Crippen molar-refractivity contribution in [1.82, 2.24) is 15.6 Å². The number of nitrogens with one attached hydrogen (secondary N) is 2. The summed E-state index contributed by atoms with van der Waals surface area (Å²) in [4.78, 5) is 3.45. The molecule has 1 atom stereocenters. The highest BCUT2D eigenvalue weighted by atomic mass is 15.5. The summed E-state index contributed by atoms with van der Waals surface area (Å²) in [5, 5.41) is 17.7. The SMILES string of the molecule is C#[N+]/N=C(/c1ccccc1)N1CC=C(C2CCC2)C(C)=N1.C=C(NC1CCCC1)C(N/C=C(\N)CCCC)C(C)C.CC.CCC.CCC(C)(CC)CC. The molecule has 2 fully saturated rings. The molecule has 306 valence electrons. The molecular weight excluding hydrogens is 663 g/mol. The van der Waals surface area contributed by atoms with Gasteiger partial charge in [0.1, 0.15) is 4.95 Å². The van der Waals surface area contributed by atoms with E-state index in [1.54, 1.807) is 0 Å². The van der Waals surface area contributed by atoms with Crippen LogP contribution in [-0.2, 0) is 0 Å². The first kappa shape index (κ1) is 50.5. The van der Waals surface area contributed by atoms with Crippen LogP contribution in [0.4, 0.5) is 0 Å². The van der Waals surface area contributed by atoms with Crippen molar-refractivity contribution in [1.29, 1.82) is 0 Å². The lowest BCUT2D eigenvalue weighted by molar-refractivity contribution is 0.286. The third kappa shape index (κ3) is 19.2. The van der Waals surface area contributed by atoms with E-state index in [4.69, 9.17) is 17.4 Å². The standard InChI is InChI=1S/C17H19N4.C17H33N3.C8H18.C3H8.C2H6/c1-13-16(14-9-6-10-14)11-12-21(20-13)17(19-18-2)15-7-4-3-5-8-15;1-5-6-9-15(18)12-19-17(13(2)3)14(4)20-16-10-7-8-11-16;1-5-8(4,6-2)7-3;1-3-2;1-2/h2-5,7-8,11,14H,6,9-10,12H2,1H3;12-13,16-17,19-20H,4-11,18H2,1-3H3;5-7H2,1-4H3;3H2,1-2H3;1-2H3/q+1;;;;/b19-17-;15-12-;;;. The van der Waals surface area contributed by atoms with E-state index >= 15 is 0 Å². The summed E-state index contributed by atoms with van der Waals surface area (Å²) in [6.45, 7) is 36.3. The van der Waals surface area contributed by atoms with Gasteiger partial charge >= 0.3 is 6.57 Å². The van der Waals surface area contributed by atoms with Crippen molar-refractivity contribution in [3.63, 3.8) is 0 Å². The molecule has 1 aromatic rings. The Bertz CT molecular complexity index is 1280. The third-order valence-electron chi connectivity index (χ3n) is 10.8. The number of amidine groups is 1. The largest absolute Gasteiger partial charge is 0.401 e. The summed E-state index contributed by atoms with van der Waals surface area (Å²) in [6.07, 6.45) is 21.9. The molecule has 7 heteroatoms. The van der Waals surface area contributed by atoms with Gasteiger partial charge in [-0.1, -0.05) is 171 Å². The van der Waals surface area contributed by atoms with Gasteiger partial charge in [0.05, 0.1) is 18.3 Å². The molecule has 2 saturated carbocycles. The van der Waals surface area contributed by atoms with Crippen LogP contribution in [-0.4, -0.2) is 35.2 Å². The van der Waals surface area contributed by atoms with Gasteiger partial charge in [-0.3, -0.25) is 0 Å². The predicted molar refractivity (Wildman–Crippen MR) is 241 cm³/mol. The molecule has 0 spiro atoms. The Morgan fingerprint density at radius 1 is 1.02 bits per heavy atom. The van der Waals surface area contributed by atoms with Gasteiger partial charge in [-0.15, -0.1) is 0 Å². The van der Waals surface area contributed by atoms with Crippen molar-refractivity contribution in [3.05, 3.63) is 76.7 Å². The van der Waals surface area contributed by atoms with E-state index in [9.17, 15) is 0 Å². The molecule has 0 bridgehead atoms. The van der Waals surface area contributed by atoms with Crippen LogP contribution < -0.4 is 16.4 Å². The molecule has 4 rings (SSSR count). The molecule has 1 unspecified atom stereocenters. The van der Waals surface area contributed by atoms with Crippen LogP contribution in [0.3, 0.4) is 0 Å². The van der Waals surface area contributed by atoms with Crippen LogP contribution in [0.5, 0.6) is 0 Å². The average molecular weight is 747 g/mol. The number of benzene rings is 1. The van der Waals surface area contributed by atoms with E-state index in [0.717, 1.165) is 35.5 Å². The zero-order chi connectivity index (χ0) is 40.9. The average Bonchev–Trinajstić information content (AvgIpc) is 3.68. The minimum Gasteiger partial charge on any atom is -0.401 e. The number of nitrogens with zero attached hydrogens (tertiary/aromatic N) is 4. The van der Waals surface area contributed by atoms with Crippen molar-refractivity contribution in [2.45, 2.75) is 185 Å². The highest BCUT2D eigenvalue weighted by Crippen LogP contribution is 2.35.